The fraction of sp³-hybridized carbons (Fsp3) is 0.348. The van der Waals surface area contributed by atoms with Crippen LogP contribution in [-0.2, 0) is 14.3 Å². The molecule has 0 aliphatic carbocycles. The van der Waals surface area contributed by atoms with Crippen molar-refractivity contribution >= 4 is 17.7 Å². The number of esters is 1. The van der Waals surface area contributed by atoms with Gasteiger partial charge in [-0.2, -0.15) is 0 Å². The van der Waals surface area contributed by atoms with Crippen LogP contribution in [0.25, 0.3) is 0 Å². The molecule has 0 spiro atoms. The van der Waals surface area contributed by atoms with Gasteiger partial charge in [0.05, 0.1) is 19.8 Å². The van der Waals surface area contributed by atoms with Gasteiger partial charge in [-0.3, -0.25) is 10.2 Å². The number of amidine groups is 1. The van der Waals surface area contributed by atoms with Crippen molar-refractivity contribution in [2.75, 3.05) is 47.5 Å². The first-order chi connectivity index (χ1) is 15.3. The smallest absolute Gasteiger partial charge is 0.343 e. The largest absolute Gasteiger partial charge is 0.482 e. The second-order valence-corrected chi connectivity index (χ2v) is 7.30. The third kappa shape index (κ3) is 8.01. The summed E-state index contributed by atoms with van der Waals surface area (Å²) in [5.41, 5.74) is 7.34. The first-order valence-corrected chi connectivity index (χ1v) is 10.1. The summed E-state index contributed by atoms with van der Waals surface area (Å²) in [4.78, 5) is 25.8. The molecule has 0 bridgehead atoms. The molecule has 0 aromatic heterocycles. The fourth-order valence-corrected chi connectivity index (χ4v) is 2.72. The molecule has 0 aliphatic heterocycles. The Labute approximate surface area is 188 Å². The lowest BCUT2D eigenvalue weighted by molar-refractivity contribution is -0.142. The molecular weight excluding hydrogens is 412 g/mol. The van der Waals surface area contributed by atoms with Crippen molar-refractivity contribution in [3.63, 3.8) is 0 Å². The van der Waals surface area contributed by atoms with Gasteiger partial charge in [-0.25, -0.2) is 4.79 Å². The van der Waals surface area contributed by atoms with E-state index in [9.17, 15) is 9.59 Å². The number of rotatable bonds is 12. The van der Waals surface area contributed by atoms with Gasteiger partial charge in [0.25, 0.3) is 5.91 Å². The third-order valence-electron chi connectivity index (χ3n) is 4.60. The van der Waals surface area contributed by atoms with Crippen LogP contribution in [0.3, 0.4) is 0 Å². The lowest BCUT2D eigenvalue weighted by atomic mass is 10.1. The highest BCUT2D eigenvalue weighted by atomic mass is 16.6. The lowest BCUT2D eigenvalue weighted by Gasteiger charge is -2.21. The maximum absolute atomic E-state index is 12.6. The average molecular weight is 443 g/mol. The predicted molar refractivity (Wildman–Crippen MR) is 121 cm³/mol. The zero-order chi connectivity index (χ0) is 23.5. The van der Waals surface area contributed by atoms with Gasteiger partial charge in [-0.15, -0.1) is 0 Å². The molecule has 2 rings (SSSR count). The van der Waals surface area contributed by atoms with Gasteiger partial charge in [-0.05, 0) is 43.9 Å². The number of nitrogens with zero attached hydrogens (tertiary/aromatic N) is 1. The molecule has 1 amide bonds. The first kappa shape index (κ1) is 24.8. The van der Waals surface area contributed by atoms with Crippen LogP contribution in [0.1, 0.15) is 27.6 Å². The Balaban J connectivity index is 2.03. The standard InChI is InChI=1S/C23H30N4O5/c1-27(2)12-13-31-20(16-8-10-19(11-9-16)32-15-21(28)30-3)14-26-23(29)18-6-4-17(5-7-18)22(24)25/h4-11,20H,12-15H2,1-3H3,(H3,24,25)(H,26,29)/t20-/m1/s1. The molecule has 2 aromatic carbocycles. The number of amides is 1. The zero-order valence-corrected chi connectivity index (χ0v) is 18.6. The van der Waals surface area contributed by atoms with Crippen molar-refractivity contribution in [2.24, 2.45) is 5.73 Å². The van der Waals surface area contributed by atoms with E-state index in [0.717, 1.165) is 12.1 Å². The van der Waals surface area contributed by atoms with Crippen LogP contribution in [0.2, 0.25) is 0 Å². The average Bonchev–Trinajstić information content (AvgIpc) is 2.79. The van der Waals surface area contributed by atoms with E-state index in [1.54, 1.807) is 36.4 Å². The van der Waals surface area contributed by atoms with Crippen LogP contribution < -0.4 is 15.8 Å². The van der Waals surface area contributed by atoms with Crippen molar-refractivity contribution in [1.29, 1.82) is 5.41 Å². The quantitative estimate of drug-likeness (QED) is 0.259. The Morgan fingerprint density at radius 1 is 1.06 bits per heavy atom. The Morgan fingerprint density at radius 2 is 1.69 bits per heavy atom. The molecule has 32 heavy (non-hydrogen) atoms. The highest BCUT2D eigenvalue weighted by Gasteiger charge is 2.15. The SMILES string of the molecule is COC(=O)COc1ccc([C@@H](CNC(=O)c2ccc(C(=N)N)cc2)OCCN(C)C)cc1. The van der Waals surface area contributed by atoms with Crippen molar-refractivity contribution < 1.29 is 23.8 Å². The first-order valence-electron chi connectivity index (χ1n) is 10.1. The number of ether oxygens (including phenoxy) is 3. The molecule has 9 heteroatoms. The van der Waals surface area contributed by atoms with Crippen LogP contribution >= 0.6 is 0 Å². The number of likely N-dealkylation sites (N-methyl/N-ethyl adjacent to an activating group) is 1. The Bertz CT molecular complexity index is 898. The topological polar surface area (TPSA) is 127 Å². The number of nitrogens with two attached hydrogens (primary N) is 1. The van der Waals surface area contributed by atoms with E-state index in [2.05, 4.69) is 10.1 Å². The predicted octanol–water partition coefficient (Wildman–Crippen LogP) is 1.57. The second-order valence-electron chi connectivity index (χ2n) is 7.30. The molecule has 0 aliphatic rings. The van der Waals surface area contributed by atoms with Gasteiger partial charge in [0.15, 0.2) is 6.61 Å². The third-order valence-corrected chi connectivity index (χ3v) is 4.60. The number of methoxy groups -OCH3 is 1. The zero-order valence-electron chi connectivity index (χ0n) is 18.6. The highest BCUT2D eigenvalue weighted by Crippen LogP contribution is 2.21. The van der Waals surface area contributed by atoms with Crippen molar-refractivity contribution in [3.8, 4) is 5.75 Å². The van der Waals surface area contributed by atoms with Gasteiger partial charge in [-0.1, -0.05) is 24.3 Å². The molecule has 172 valence electrons. The van der Waals surface area contributed by atoms with Gasteiger partial charge < -0.3 is 30.2 Å². The molecule has 0 unspecified atom stereocenters. The number of nitrogens with one attached hydrogen (secondary N) is 2. The summed E-state index contributed by atoms with van der Waals surface area (Å²) < 4.78 is 15.9. The summed E-state index contributed by atoms with van der Waals surface area (Å²) in [6.45, 7) is 1.32. The van der Waals surface area contributed by atoms with Gasteiger partial charge in [0, 0.05) is 24.2 Å². The molecule has 4 N–H and O–H groups in total. The maximum Gasteiger partial charge on any atom is 0.343 e. The van der Waals surface area contributed by atoms with Crippen molar-refractivity contribution in [1.82, 2.24) is 10.2 Å². The van der Waals surface area contributed by atoms with E-state index in [-0.39, 0.29) is 31.0 Å². The molecular formula is C23H30N4O5. The van der Waals surface area contributed by atoms with Gasteiger partial charge in [0.2, 0.25) is 0 Å². The number of carbonyl (C=O) groups excluding carboxylic acids is 2. The molecule has 2 aromatic rings. The summed E-state index contributed by atoms with van der Waals surface area (Å²) in [6.07, 6.45) is -0.370. The fourth-order valence-electron chi connectivity index (χ4n) is 2.72. The number of hydrogen-bond donors (Lipinski definition) is 3. The maximum atomic E-state index is 12.6. The van der Waals surface area contributed by atoms with Crippen LogP contribution in [0.15, 0.2) is 48.5 Å². The van der Waals surface area contributed by atoms with E-state index < -0.39 is 5.97 Å². The second kappa shape index (κ2) is 12.4. The van der Waals surface area contributed by atoms with E-state index in [1.807, 2.05) is 31.1 Å². The normalized spacial score (nSPS) is 11.6. The highest BCUT2D eigenvalue weighted by molar-refractivity contribution is 5.98. The molecule has 0 heterocycles. The minimum Gasteiger partial charge on any atom is -0.482 e. The summed E-state index contributed by atoms with van der Waals surface area (Å²) in [5.74, 6) is -0.233. The van der Waals surface area contributed by atoms with E-state index in [1.165, 1.54) is 7.11 Å². The Kier molecular flexibility index (Phi) is 9.65. The van der Waals surface area contributed by atoms with Crippen molar-refractivity contribution in [3.05, 3.63) is 65.2 Å². The van der Waals surface area contributed by atoms with Crippen LogP contribution in [0.5, 0.6) is 5.75 Å². The molecule has 0 saturated heterocycles. The molecule has 0 radical (unpaired) electrons. The Morgan fingerprint density at radius 3 is 2.25 bits per heavy atom. The number of carbonyl (C=O) groups is 2. The molecule has 0 saturated carbocycles. The molecule has 9 nitrogen and oxygen atoms in total. The van der Waals surface area contributed by atoms with Crippen LogP contribution in [0.4, 0.5) is 0 Å². The van der Waals surface area contributed by atoms with E-state index >= 15 is 0 Å². The van der Waals surface area contributed by atoms with Crippen molar-refractivity contribution in [2.45, 2.75) is 6.10 Å². The van der Waals surface area contributed by atoms with Crippen LogP contribution in [0, 0.1) is 5.41 Å². The van der Waals surface area contributed by atoms with E-state index in [4.69, 9.17) is 20.6 Å². The number of benzene rings is 2. The Hall–Kier alpha value is -3.43. The van der Waals surface area contributed by atoms with E-state index in [0.29, 0.717) is 23.5 Å². The molecule has 1 atom stereocenters. The monoisotopic (exact) mass is 442 g/mol. The number of nitrogen functional groups attached to an aromatic ring is 1. The summed E-state index contributed by atoms with van der Waals surface area (Å²) in [7, 11) is 5.22. The minimum absolute atomic E-state index is 0.0506. The summed E-state index contributed by atoms with van der Waals surface area (Å²) >= 11 is 0. The van der Waals surface area contributed by atoms with Gasteiger partial charge in [0.1, 0.15) is 11.6 Å². The minimum atomic E-state index is -0.460. The summed E-state index contributed by atoms with van der Waals surface area (Å²) in [5, 5.41) is 10.3. The number of hydrogen-bond acceptors (Lipinski definition) is 7. The molecule has 0 fully saturated rings. The van der Waals surface area contributed by atoms with Crippen LogP contribution in [-0.4, -0.2) is 70.1 Å². The lowest BCUT2D eigenvalue weighted by Crippen LogP contribution is -2.30. The van der Waals surface area contributed by atoms with Gasteiger partial charge >= 0.3 is 5.97 Å². The summed E-state index contributed by atoms with van der Waals surface area (Å²) in [6, 6.07) is 13.7.